The van der Waals surface area contributed by atoms with Gasteiger partial charge in [-0.15, -0.1) is 11.3 Å². The predicted octanol–water partition coefficient (Wildman–Crippen LogP) is 0.675. The van der Waals surface area contributed by atoms with Crippen LogP contribution in [0.5, 0.6) is 0 Å². The first-order valence-corrected chi connectivity index (χ1v) is 9.13. The van der Waals surface area contributed by atoms with Crippen molar-refractivity contribution in [1.82, 2.24) is 14.0 Å². The van der Waals surface area contributed by atoms with E-state index < -0.39 is 10.2 Å². The lowest BCUT2D eigenvalue weighted by Crippen LogP contribution is -2.50. The molecule has 1 fully saturated rings. The molecule has 1 saturated heterocycles. The molecule has 0 bridgehead atoms. The first-order valence-electron chi connectivity index (χ1n) is 6.81. The third kappa shape index (κ3) is 3.98. The summed E-state index contributed by atoms with van der Waals surface area (Å²) in [6, 6.07) is -0.289. The highest BCUT2D eigenvalue weighted by atomic mass is 32.2. The molecule has 20 heavy (non-hydrogen) atoms. The molecule has 1 atom stereocenters. The Hall–Kier alpha value is -0.540. The van der Waals surface area contributed by atoms with E-state index in [1.54, 1.807) is 11.3 Å². The van der Waals surface area contributed by atoms with Gasteiger partial charge in [0, 0.05) is 36.6 Å². The SMILES string of the molecule is Cc1csc(CCNS(=O)(=O)N2CCCCC2CO)n1. The molecule has 0 spiro atoms. The average Bonchev–Trinajstić information content (AvgIpc) is 2.84. The van der Waals surface area contributed by atoms with E-state index >= 15 is 0 Å². The van der Waals surface area contributed by atoms with E-state index in [-0.39, 0.29) is 12.6 Å². The van der Waals surface area contributed by atoms with Gasteiger partial charge in [-0.3, -0.25) is 0 Å². The molecule has 1 aromatic heterocycles. The summed E-state index contributed by atoms with van der Waals surface area (Å²) in [5.41, 5.74) is 0.962. The van der Waals surface area contributed by atoms with Gasteiger partial charge in [-0.2, -0.15) is 12.7 Å². The van der Waals surface area contributed by atoms with Crippen molar-refractivity contribution in [3.8, 4) is 0 Å². The number of piperidine rings is 1. The highest BCUT2D eigenvalue weighted by Crippen LogP contribution is 2.19. The van der Waals surface area contributed by atoms with Crippen LogP contribution < -0.4 is 4.72 Å². The van der Waals surface area contributed by atoms with Crippen LogP contribution in [-0.2, 0) is 16.6 Å². The summed E-state index contributed by atoms with van der Waals surface area (Å²) in [7, 11) is -3.51. The molecular weight excluding hydrogens is 298 g/mol. The van der Waals surface area contributed by atoms with E-state index in [0.717, 1.165) is 30.0 Å². The number of aromatic nitrogens is 1. The molecule has 0 aliphatic carbocycles. The molecule has 1 aliphatic rings. The Morgan fingerprint density at radius 2 is 2.35 bits per heavy atom. The summed E-state index contributed by atoms with van der Waals surface area (Å²) >= 11 is 1.54. The second kappa shape index (κ2) is 6.95. The number of thiazole rings is 1. The topological polar surface area (TPSA) is 82.5 Å². The Labute approximate surface area is 124 Å². The van der Waals surface area contributed by atoms with E-state index in [9.17, 15) is 13.5 Å². The van der Waals surface area contributed by atoms with Crippen LogP contribution in [0.1, 0.15) is 30.0 Å². The lowest BCUT2D eigenvalue weighted by molar-refractivity contribution is 0.154. The summed E-state index contributed by atoms with van der Waals surface area (Å²) in [4.78, 5) is 4.30. The Morgan fingerprint density at radius 3 is 3.00 bits per heavy atom. The molecule has 2 rings (SSSR count). The number of hydrogen-bond acceptors (Lipinski definition) is 5. The van der Waals surface area contributed by atoms with Gasteiger partial charge in [-0.25, -0.2) is 9.71 Å². The van der Waals surface area contributed by atoms with Crippen molar-refractivity contribution >= 4 is 21.5 Å². The quantitative estimate of drug-likeness (QED) is 0.807. The van der Waals surface area contributed by atoms with E-state index in [4.69, 9.17) is 0 Å². The monoisotopic (exact) mass is 319 g/mol. The Kier molecular flexibility index (Phi) is 5.50. The van der Waals surface area contributed by atoms with Crippen molar-refractivity contribution < 1.29 is 13.5 Å². The Balaban J connectivity index is 1.89. The maximum absolute atomic E-state index is 12.2. The number of aryl methyl sites for hydroxylation is 1. The molecule has 1 unspecified atom stereocenters. The molecule has 1 aromatic rings. The number of nitrogens with one attached hydrogen (secondary N) is 1. The lowest BCUT2D eigenvalue weighted by atomic mass is 10.1. The molecule has 114 valence electrons. The molecule has 0 radical (unpaired) electrons. The van der Waals surface area contributed by atoms with Crippen LogP contribution >= 0.6 is 11.3 Å². The van der Waals surface area contributed by atoms with Gasteiger partial charge < -0.3 is 5.11 Å². The maximum atomic E-state index is 12.2. The summed E-state index contributed by atoms with van der Waals surface area (Å²) < 4.78 is 28.5. The zero-order chi connectivity index (χ0) is 14.6. The minimum atomic E-state index is -3.51. The average molecular weight is 319 g/mol. The first kappa shape index (κ1) is 15.8. The summed E-state index contributed by atoms with van der Waals surface area (Å²) in [6.07, 6.45) is 3.14. The molecule has 0 amide bonds. The minimum absolute atomic E-state index is 0.118. The van der Waals surface area contributed by atoms with Crippen LogP contribution in [0.15, 0.2) is 5.38 Å². The summed E-state index contributed by atoms with van der Waals surface area (Å²) in [6.45, 7) is 2.62. The van der Waals surface area contributed by atoms with E-state index in [1.165, 1.54) is 4.31 Å². The largest absolute Gasteiger partial charge is 0.395 e. The van der Waals surface area contributed by atoms with Crippen molar-refractivity contribution in [2.24, 2.45) is 0 Å². The van der Waals surface area contributed by atoms with Crippen molar-refractivity contribution in [3.05, 3.63) is 16.1 Å². The third-order valence-electron chi connectivity index (χ3n) is 3.38. The molecule has 0 saturated carbocycles. The van der Waals surface area contributed by atoms with Crippen LogP contribution in [0.2, 0.25) is 0 Å². The van der Waals surface area contributed by atoms with E-state index in [0.29, 0.717) is 19.5 Å². The van der Waals surface area contributed by atoms with E-state index in [2.05, 4.69) is 9.71 Å². The zero-order valence-corrected chi connectivity index (χ0v) is 13.2. The lowest BCUT2D eigenvalue weighted by Gasteiger charge is -2.33. The Bertz CT molecular complexity index is 530. The molecule has 8 heteroatoms. The third-order valence-corrected chi connectivity index (χ3v) is 6.08. The molecule has 2 heterocycles. The number of rotatable bonds is 6. The van der Waals surface area contributed by atoms with Gasteiger partial charge >= 0.3 is 0 Å². The highest BCUT2D eigenvalue weighted by molar-refractivity contribution is 7.87. The minimum Gasteiger partial charge on any atom is -0.395 e. The van der Waals surface area contributed by atoms with Gasteiger partial charge in [-0.05, 0) is 19.8 Å². The maximum Gasteiger partial charge on any atom is 0.279 e. The van der Waals surface area contributed by atoms with Gasteiger partial charge in [0.15, 0.2) is 0 Å². The number of aliphatic hydroxyl groups excluding tert-OH is 1. The van der Waals surface area contributed by atoms with Gasteiger partial charge in [0.2, 0.25) is 0 Å². The second-order valence-corrected chi connectivity index (χ2v) is 7.63. The molecule has 0 aromatic carbocycles. The predicted molar refractivity (Wildman–Crippen MR) is 78.9 cm³/mol. The fourth-order valence-electron chi connectivity index (χ4n) is 2.36. The van der Waals surface area contributed by atoms with Crippen molar-refractivity contribution in [1.29, 1.82) is 0 Å². The number of nitrogens with zero attached hydrogens (tertiary/aromatic N) is 2. The van der Waals surface area contributed by atoms with Crippen molar-refractivity contribution in [2.45, 2.75) is 38.6 Å². The van der Waals surface area contributed by atoms with Gasteiger partial charge in [-0.1, -0.05) is 6.42 Å². The first-order chi connectivity index (χ1) is 9.53. The van der Waals surface area contributed by atoms with E-state index in [1.807, 2.05) is 12.3 Å². The van der Waals surface area contributed by atoms with Crippen LogP contribution in [-0.4, -0.2) is 48.6 Å². The summed E-state index contributed by atoms with van der Waals surface area (Å²) in [5.74, 6) is 0. The Morgan fingerprint density at radius 1 is 1.55 bits per heavy atom. The van der Waals surface area contributed by atoms with Gasteiger partial charge in [0.25, 0.3) is 10.2 Å². The van der Waals surface area contributed by atoms with Crippen molar-refractivity contribution in [2.75, 3.05) is 19.7 Å². The van der Waals surface area contributed by atoms with Crippen LogP contribution in [0, 0.1) is 6.92 Å². The van der Waals surface area contributed by atoms with Crippen LogP contribution in [0.25, 0.3) is 0 Å². The zero-order valence-electron chi connectivity index (χ0n) is 11.6. The van der Waals surface area contributed by atoms with Crippen LogP contribution in [0.4, 0.5) is 0 Å². The summed E-state index contributed by atoms with van der Waals surface area (Å²) in [5, 5.41) is 12.2. The van der Waals surface area contributed by atoms with Gasteiger partial charge in [0.05, 0.1) is 11.6 Å². The fourth-order valence-corrected chi connectivity index (χ4v) is 4.60. The number of hydrogen-bond donors (Lipinski definition) is 2. The standard InChI is InChI=1S/C12H21N3O3S2/c1-10-9-19-12(14-10)5-6-13-20(17,18)15-7-3-2-4-11(15)8-16/h9,11,13,16H,2-8H2,1H3. The number of aliphatic hydroxyl groups is 1. The van der Waals surface area contributed by atoms with Crippen LogP contribution in [0.3, 0.4) is 0 Å². The van der Waals surface area contributed by atoms with Gasteiger partial charge in [0.1, 0.15) is 0 Å². The normalized spacial score (nSPS) is 21.2. The molecule has 1 aliphatic heterocycles. The molecule has 6 nitrogen and oxygen atoms in total. The highest BCUT2D eigenvalue weighted by Gasteiger charge is 2.31. The smallest absolute Gasteiger partial charge is 0.279 e. The fraction of sp³-hybridized carbons (Fsp3) is 0.750. The van der Waals surface area contributed by atoms with Crippen molar-refractivity contribution in [3.63, 3.8) is 0 Å². The second-order valence-electron chi connectivity index (χ2n) is 4.97. The molecule has 2 N–H and O–H groups in total. The molecular formula is C12H21N3O3S2.